The van der Waals surface area contributed by atoms with Gasteiger partial charge in [-0.25, -0.2) is 4.39 Å². The number of ether oxygens (including phenoxy) is 1. The second kappa shape index (κ2) is 6.86. The summed E-state index contributed by atoms with van der Waals surface area (Å²) < 4.78 is 19.3. The highest BCUT2D eigenvalue weighted by molar-refractivity contribution is 9.10. The molecule has 0 amide bonds. The normalized spacial score (nSPS) is 10.8. The lowest BCUT2D eigenvalue weighted by Gasteiger charge is -2.18. The van der Waals surface area contributed by atoms with E-state index in [1.807, 2.05) is 0 Å². The van der Waals surface area contributed by atoms with Crippen molar-refractivity contribution in [1.29, 1.82) is 0 Å². The molecule has 0 aliphatic rings. The summed E-state index contributed by atoms with van der Waals surface area (Å²) in [5.74, 6) is 0.285. The van der Waals surface area contributed by atoms with Crippen LogP contribution in [-0.4, -0.2) is 31.1 Å². The summed E-state index contributed by atoms with van der Waals surface area (Å²) in [4.78, 5) is 2.26. The van der Waals surface area contributed by atoms with Crippen molar-refractivity contribution in [2.45, 2.75) is 13.8 Å². The van der Waals surface area contributed by atoms with Gasteiger partial charge in [0, 0.05) is 12.6 Å². The average Bonchev–Trinajstić information content (AvgIpc) is 2.29. The first kappa shape index (κ1) is 13.5. The first-order valence-corrected chi connectivity index (χ1v) is 6.26. The van der Waals surface area contributed by atoms with Gasteiger partial charge in [0.2, 0.25) is 0 Å². The third kappa shape index (κ3) is 4.10. The van der Waals surface area contributed by atoms with E-state index in [2.05, 4.69) is 34.7 Å². The van der Waals surface area contributed by atoms with Crippen molar-refractivity contribution in [3.05, 3.63) is 28.5 Å². The van der Waals surface area contributed by atoms with Gasteiger partial charge in [-0.15, -0.1) is 0 Å². The third-order valence-electron chi connectivity index (χ3n) is 2.45. The second-order valence-corrected chi connectivity index (χ2v) is 4.30. The molecule has 0 radical (unpaired) electrons. The Balaban J connectivity index is 2.45. The SMILES string of the molecule is CCN(CC)CCOc1cc(F)ccc1Br. The Labute approximate surface area is 105 Å². The Morgan fingerprint density at radius 2 is 2.00 bits per heavy atom. The van der Waals surface area contributed by atoms with E-state index in [0.29, 0.717) is 12.4 Å². The molecule has 1 rings (SSSR count). The molecule has 90 valence electrons. The Hall–Kier alpha value is -0.610. The first-order chi connectivity index (χ1) is 7.67. The lowest BCUT2D eigenvalue weighted by atomic mass is 10.3. The van der Waals surface area contributed by atoms with Crippen LogP contribution in [-0.2, 0) is 0 Å². The molecule has 0 saturated carbocycles. The fourth-order valence-corrected chi connectivity index (χ4v) is 1.77. The van der Waals surface area contributed by atoms with Gasteiger partial charge in [-0.05, 0) is 41.2 Å². The molecule has 0 heterocycles. The highest BCUT2D eigenvalue weighted by Gasteiger charge is 2.04. The number of hydrogen-bond donors (Lipinski definition) is 0. The smallest absolute Gasteiger partial charge is 0.136 e. The Morgan fingerprint density at radius 3 is 2.62 bits per heavy atom. The van der Waals surface area contributed by atoms with Crippen molar-refractivity contribution in [2.75, 3.05) is 26.2 Å². The van der Waals surface area contributed by atoms with E-state index in [1.54, 1.807) is 6.07 Å². The van der Waals surface area contributed by atoms with Crippen LogP contribution in [0.4, 0.5) is 4.39 Å². The molecule has 0 N–H and O–H groups in total. The number of halogens is 2. The summed E-state index contributed by atoms with van der Waals surface area (Å²) in [6.45, 7) is 7.66. The molecule has 0 fully saturated rings. The Bertz CT molecular complexity index is 329. The molecule has 0 unspecified atom stereocenters. The molecule has 0 saturated heterocycles. The lowest BCUT2D eigenvalue weighted by Crippen LogP contribution is -2.27. The summed E-state index contributed by atoms with van der Waals surface area (Å²) in [6, 6.07) is 4.45. The van der Waals surface area contributed by atoms with Gasteiger partial charge >= 0.3 is 0 Å². The van der Waals surface area contributed by atoms with Crippen molar-refractivity contribution >= 4 is 15.9 Å². The van der Waals surface area contributed by atoms with Crippen molar-refractivity contribution in [2.24, 2.45) is 0 Å². The molecule has 0 aliphatic heterocycles. The summed E-state index contributed by atoms with van der Waals surface area (Å²) in [5.41, 5.74) is 0. The Morgan fingerprint density at radius 1 is 1.31 bits per heavy atom. The number of benzene rings is 1. The van der Waals surface area contributed by atoms with Crippen LogP contribution in [0.15, 0.2) is 22.7 Å². The van der Waals surface area contributed by atoms with E-state index in [-0.39, 0.29) is 5.82 Å². The van der Waals surface area contributed by atoms with Gasteiger partial charge in [0.1, 0.15) is 18.2 Å². The van der Waals surface area contributed by atoms with Gasteiger partial charge in [-0.3, -0.25) is 0 Å². The molecule has 1 aromatic rings. The molecule has 0 aromatic heterocycles. The molecule has 16 heavy (non-hydrogen) atoms. The molecule has 0 spiro atoms. The maximum absolute atomic E-state index is 13.0. The maximum atomic E-state index is 13.0. The summed E-state index contributed by atoms with van der Waals surface area (Å²) >= 11 is 3.33. The average molecular weight is 290 g/mol. The van der Waals surface area contributed by atoms with Gasteiger partial charge in [0.25, 0.3) is 0 Å². The predicted octanol–water partition coefficient (Wildman–Crippen LogP) is 3.31. The number of rotatable bonds is 6. The zero-order valence-electron chi connectivity index (χ0n) is 9.67. The van der Waals surface area contributed by atoms with Gasteiger partial charge < -0.3 is 9.64 Å². The maximum Gasteiger partial charge on any atom is 0.136 e. The van der Waals surface area contributed by atoms with E-state index >= 15 is 0 Å². The van der Waals surface area contributed by atoms with Gasteiger partial charge in [0.15, 0.2) is 0 Å². The van der Waals surface area contributed by atoms with Gasteiger partial charge in [-0.2, -0.15) is 0 Å². The molecule has 0 bridgehead atoms. The second-order valence-electron chi connectivity index (χ2n) is 3.45. The van der Waals surface area contributed by atoms with E-state index in [0.717, 1.165) is 24.1 Å². The number of hydrogen-bond acceptors (Lipinski definition) is 2. The summed E-state index contributed by atoms with van der Waals surface area (Å²) in [5, 5.41) is 0. The third-order valence-corrected chi connectivity index (χ3v) is 3.11. The highest BCUT2D eigenvalue weighted by Crippen LogP contribution is 2.25. The highest BCUT2D eigenvalue weighted by atomic mass is 79.9. The number of nitrogens with zero attached hydrogens (tertiary/aromatic N) is 1. The molecular formula is C12H17BrFNO. The van der Waals surface area contributed by atoms with Crippen molar-refractivity contribution in [3.63, 3.8) is 0 Å². The largest absolute Gasteiger partial charge is 0.491 e. The van der Waals surface area contributed by atoms with Crippen LogP contribution < -0.4 is 4.74 Å². The summed E-state index contributed by atoms with van der Waals surface area (Å²) in [6.07, 6.45) is 0. The zero-order valence-corrected chi connectivity index (χ0v) is 11.3. The molecule has 4 heteroatoms. The van der Waals surface area contributed by atoms with Crippen LogP contribution in [0.2, 0.25) is 0 Å². The van der Waals surface area contributed by atoms with E-state index < -0.39 is 0 Å². The molecule has 0 aliphatic carbocycles. The summed E-state index contributed by atoms with van der Waals surface area (Å²) in [7, 11) is 0. The molecular weight excluding hydrogens is 273 g/mol. The fourth-order valence-electron chi connectivity index (χ4n) is 1.41. The van der Waals surface area contributed by atoms with Crippen LogP contribution in [0.1, 0.15) is 13.8 Å². The Kier molecular flexibility index (Phi) is 5.77. The van der Waals surface area contributed by atoms with Crippen molar-refractivity contribution in [3.8, 4) is 5.75 Å². The molecule has 1 aromatic carbocycles. The van der Waals surface area contributed by atoms with Crippen LogP contribution in [0, 0.1) is 5.82 Å². The zero-order chi connectivity index (χ0) is 12.0. The molecule has 2 nitrogen and oxygen atoms in total. The quantitative estimate of drug-likeness (QED) is 0.797. The van der Waals surface area contributed by atoms with Crippen LogP contribution in [0.25, 0.3) is 0 Å². The standard InChI is InChI=1S/C12H17BrFNO/c1-3-15(4-2)7-8-16-12-9-10(14)5-6-11(12)13/h5-6,9H,3-4,7-8H2,1-2H3. The van der Waals surface area contributed by atoms with Crippen LogP contribution in [0.5, 0.6) is 5.75 Å². The minimum absolute atomic E-state index is 0.277. The van der Waals surface area contributed by atoms with Crippen molar-refractivity contribution in [1.82, 2.24) is 4.90 Å². The van der Waals surface area contributed by atoms with Crippen molar-refractivity contribution < 1.29 is 9.13 Å². The fraction of sp³-hybridized carbons (Fsp3) is 0.500. The van der Waals surface area contributed by atoms with Crippen LogP contribution in [0.3, 0.4) is 0 Å². The minimum Gasteiger partial charge on any atom is -0.491 e. The minimum atomic E-state index is -0.277. The number of likely N-dealkylation sites (N-methyl/N-ethyl adjacent to an activating group) is 1. The van der Waals surface area contributed by atoms with E-state index in [9.17, 15) is 4.39 Å². The topological polar surface area (TPSA) is 12.5 Å². The van der Waals surface area contributed by atoms with Gasteiger partial charge in [0.05, 0.1) is 4.47 Å². The van der Waals surface area contributed by atoms with E-state index in [4.69, 9.17) is 4.74 Å². The predicted molar refractivity (Wildman–Crippen MR) is 67.4 cm³/mol. The van der Waals surface area contributed by atoms with E-state index in [1.165, 1.54) is 12.1 Å². The van der Waals surface area contributed by atoms with Crippen LogP contribution >= 0.6 is 15.9 Å². The lowest BCUT2D eigenvalue weighted by molar-refractivity contribution is 0.221. The first-order valence-electron chi connectivity index (χ1n) is 5.47. The molecule has 0 atom stereocenters. The van der Waals surface area contributed by atoms with Gasteiger partial charge in [-0.1, -0.05) is 13.8 Å². The monoisotopic (exact) mass is 289 g/mol.